The number of thioether (sulfide) groups is 1. The van der Waals surface area contributed by atoms with Crippen LogP contribution in [0.15, 0.2) is 48.5 Å². The van der Waals surface area contributed by atoms with Gasteiger partial charge < -0.3 is 15.5 Å². The zero-order valence-electron chi connectivity index (χ0n) is 16.5. The van der Waals surface area contributed by atoms with Gasteiger partial charge in [-0.15, -0.1) is 0 Å². The second-order valence-electron chi connectivity index (χ2n) is 7.58. The van der Waals surface area contributed by atoms with Gasteiger partial charge in [-0.25, -0.2) is 8.78 Å². The number of nitrogens with zero attached hydrogens (tertiary/aromatic N) is 1. The van der Waals surface area contributed by atoms with E-state index >= 15 is 0 Å². The van der Waals surface area contributed by atoms with E-state index in [4.69, 9.17) is 0 Å². The molecule has 0 saturated carbocycles. The molecule has 3 atom stereocenters. The molecule has 3 amide bonds. The highest BCUT2D eigenvalue weighted by Gasteiger charge is 2.46. The van der Waals surface area contributed by atoms with Crippen molar-refractivity contribution in [2.75, 3.05) is 12.3 Å². The predicted octanol–water partition coefficient (Wildman–Crippen LogP) is 2.10. The summed E-state index contributed by atoms with van der Waals surface area (Å²) in [6, 6.07) is 11.4. The van der Waals surface area contributed by atoms with Gasteiger partial charge in [-0.1, -0.05) is 36.4 Å². The van der Waals surface area contributed by atoms with Crippen LogP contribution in [0.5, 0.6) is 0 Å². The summed E-state index contributed by atoms with van der Waals surface area (Å²) >= 11 is 1.56. The Labute approximate surface area is 182 Å². The summed E-state index contributed by atoms with van der Waals surface area (Å²) < 4.78 is 27.3. The molecule has 2 aliphatic rings. The number of fused-ring (bicyclic) bond motifs is 1. The first-order valence-corrected chi connectivity index (χ1v) is 11.1. The smallest absolute Gasteiger partial charge is 0.254 e. The Kier molecular flexibility index (Phi) is 6.22. The van der Waals surface area contributed by atoms with E-state index in [-0.39, 0.29) is 24.8 Å². The quantitative estimate of drug-likeness (QED) is 0.714. The number of carbonyl (C=O) groups is 3. The summed E-state index contributed by atoms with van der Waals surface area (Å²) in [6.45, 7) is 0.152. The van der Waals surface area contributed by atoms with Crippen LogP contribution in [0.4, 0.5) is 8.78 Å². The second kappa shape index (κ2) is 9.05. The number of rotatable bonds is 6. The number of benzene rings is 2. The molecule has 9 heteroatoms. The first kappa shape index (κ1) is 21.3. The van der Waals surface area contributed by atoms with E-state index < -0.39 is 41.2 Å². The molecular weight excluding hydrogens is 424 g/mol. The summed E-state index contributed by atoms with van der Waals surface area (Å²) in [7, 11) is 0. The van der Waals surface area contributed by atoms with Crippen LogP contribution >= 0.6 is 11.8 Å². The average molecular weight is 445 g/mol. The highest BCUT2D eigenvalue weighted by Crippen LogP contribution is 2.25. The molecule has 2 aromatic rings. The molecule has 2 fully saturated rings. The molecule has 162 valence electrons. The van der Waals surface area contributed by atoms with Gasteiger partial charge in [0.2, 0.25) is 11.8 Å². The number of amides is 3. The lowest BCUT2D eigenvalue weighted by atomic mass is 10.1. The number of nitrogens with one attached hydrogen (secondary N) is 2. The van der Waals surface area contributed by atoms with Crippen molar-refractivity contribution >= 4 is 29.5 Å². The van der Waals surface area contributed by atoms with Crippen LogP contribution in [0, 0.1) is 11.6 Å². The SMILES string of the molecule is O=C(N[C@H]1C[C@H]2C(=O)N[C@@H](CSCc3ccccc3)C(=O)N2C1)c1cccc(F)c1F. The number of hydrogen-bond donors (Lipinski definition) is 2. The van der Waals surface area contributed by atoms with Crippen LogP contribution in [-0.2, 0) is 15.3 Å². The molecule has 0 aromatic heterocycles. The summed E-state index contributed by atoms with van der Waals surface area (Å²) in [5.74, 6) is -2.40. The monoisotopic (exact) mass is 445 g/mol. The zero-order chi connectivity index (χ0) is 22.0. The molecule has 2 heterocycles. The Morgan fingerprint density at radius 3 is 2.68 bits per heavy atom. The van der Waals surface area contributed by atoms with Crippen LogP contribution in [0.1, 0.15) is 22.3 Å². The van der Waals surface area contributed by atoms with E-state index in [2.05, 4.69) is 10.6 Å². The molecular formula is C22H21F2N3O3S. The van der Waals surface area contributed by atoms with Gasteiger partial charge in [-0.05, 0) is 24.1 Å². The van der Waals surface area contributed by atoms with E-state index in [0.29, 0.717) is 5.75 Å². The van der Waals surface area contributed by atoms with E-state index in [9.17, 15) is 23.2 Å². The highest BCUT2D eigenvalue weighted by atomic mass is 32.2. The van der Waals surface area contributed by atoms with Crippen LogP contribution in [0.3, 0.4) is 0 Å². The number of hydrogen-bond acceptors (Lipinski definition) is 4. The largest absolute Gasteiger partial charge is 0.347 e. The van der Waals surface area contributed by atoms with Crippen molar-refractivity contribution in [1.29, 1.82) is 0 Å². The molecule has 0 spiro atoms. The van der Waals surface area contributed by atoms with E-state index in [1.54, 1.807) is 11.8 Å². The van der Waals surface area contributed by atoms with Crippen molar-refractivity contribution in [2.24, 2.45) is 0 Å². The van der Waals surface area contributed by atoms with Gasteiger partial charge in [0, 0.05) is 24.1 Å². The fraction of sp³-hybridized carbons (Fsp3) is 0.318. The Morgan fingerprint density at radius 2 is 1.90 bits per heavy atom. The minimum atomic E-state index is -1.22. The van der Waals surface area contributed by atoms with E-state index in [0.717, 1.165) is 17.4 Å². The molecule has 0 bridgehead atoms. The Bertz CT molecular complexity index is 1000. The van der Waals surface area contributed by atoms with Crippen molar-refractivity contribution in [2.45, 2.75) is 30.3 Å². The molecule has 31 heavy (non-hydrogen) atoms. The van der Waals surface area contributed by atoms with Crippen molar-refractivity contribution in [1.82, 2.24) is 15.5 Å². The van der Waals surface area contributed by atoms with E-state index in [1.165, 1.54) is 17.0 Å². The van der Waals surface area contributed by atoms with Crippen molar-refractivity contribution < 1.29 is 23.2 Å². The van der Waals surface area contributed by atoms with Crippen molar-refractivity contribution in [3.8, 4) is 0 Å². The van der Waals surface area contributed by atoms with E-state index in [1.807, 2.05) is 30.3 Å². The third-order valence-corrected chi connectivity index (χ3v) is 6.54. The molecule has 2 N–H and O–H groups in total. The minimum Gasteiger partial charge on any atom is -0.347 e. The van der Waals surface area contributed by atoms with Crippen LogP contribution in [-0.4, -0.2) is 53.0 Å². The lowest BCUT2D eigenvalue weighted by Crippen LogP contribution is -2.61. The first-order chi connectivity index (χ1) is 14.9. The summed E-state index contributed by atoms with van der Waals surface area (Å²) in [5.41, 5.74) is 0.726. The molecule has 6 nitrogen and oxygen atoms in total. The second-order valence-corrected chi connectivity index (χ2v) is 8.61. The van der Waals surface area contributed by atoms with Gasteiger partial charge in [0.15, 0.2) is 11.6 Å². The molecule has 4 rings (SSSR count). The highest BCUT2D eigenvalue weighted by molar-refractivity contribution is 7.98. The zero-order valence-corrected chi connectivity index (χ0v) is 17.3. The van der Waals surface area contributed by atoms with Gasteiger partial charge in [0.05, 0.1) is 5.56 Å². The maximum atomic E-state index is 13.9. The molecule has 0 radical (unpaired) electrons. The van der Waals surface area contributed by atoms with Gasteiger partial charge in [0.1, 0.15) is 12.1 Å². The Hall–Kier alpha value is -2.94. The molecule has 0 aliphatic carbocycles. The average Bonchev–Trinajstić information content (AvgIpc) is 3.19. The Balaban J connectivity index is 1.35. The first-order valence-electron chi connectivity index (χ1n) is 9.91. The molecule has 2 aromatic carbocycles. The minimum absolute atomic E-state index is 0.152. The third-order valence-electron chi connectivity index (χ3n) is 5.43. The fourth-order valence-corrected chi connectivity index (χ4v) is 4.89. The van der Waals surface area contributed by atoms with Gasteiger partial charge >= 0.3 is 0 Å². The molecule has 2 saturated heterocycles. The van der Waals surface area contributed by atoms with Crippen LogP contribution in [0.2, 0.25) is 0 Å². The van der Waals surface area contributed by atoms with Crippen molar-refractivity contribution in [3.63, 3.8) is 0 Å². The summed E-state index contributed by atoms with van der Waals surface area (Å²) in [6.07, 6.45) is 0.226. The van der Waals surface area contributed by atoms with Crippen molar-refractivity contribution in [3.05, 3.63) is 71.3 Å². The normalized spacial score (nSPS) is 22.8. The van der Waals surface area contributed by atoms with Crippen LogP contribution < -0.4 is 10.6 Å². The number of halogens is 2. The third kappa shape index (κ3) is 4.56. The predicted molar refractivity (Wildman–Crippen MR) is 112 cm³/mol. The summed E-state index contributed by atoms with van der Waals surface area (Å²) in [4.78, 5) is 39.2. The molecule has 0 unspecified atom stereocenters. The maximum Gasteiger partial charge on any atom is 0.254 e. The Morgan fingerprint density at radius 1 is 1.13 bits per heavy atom. The standard InChI is InChI=1S/C22H21F2N3O3S/c23-16-8-4-7-15(19(16)24)20(28)25-14-9-18-21(29)26-17(22(30)27(18)10-14)12-31-11-13-5-2-1-3-6-13/h1-8,14,17-18H,9-12H2,(H,25,28)(H,26,29)/t14-,17-,18-/m0/s1. The fourth-order valence-electron chi connectivity index (χ4n) is 3.89. The lowest BCUT2D eigenvalue weighted by Gasteiger charge is -2.34. The molecule has 2 aliphatic heterocycles. The topological polar surface area (TPSA) is 78.5 Å². The summed E-state index contributed by atoms with van der Waals surface area (Å²) in [5, 5.41) is 5.39. The lowest BCUT2D eigenvalue weighted by molar-refractivity contribution is -0.146. The van der Waals surface area contributed by atoms with Gasteiger partial charge in [-0.2, -0.15) is 11.8 Å². The van der Waals surface area contributed by atoms with Gasteiger partial charge in [-0.3, -0.25) is 14.4 Å². The maximum absolute atomic E-state index is 13.9. The number of piperazine rings is 1. The number of carbonyl (C=O) groups excluding carboxylic acids is 3. The van der Waals surface area contributed by atoms with Crippen LogP contribution in [0.25, 0.3) is 0 Å². The van der Waals surface area contributed by atoms with Gasteiger partial charge in [0.25, 0.3) is 5.91 Å².